The van der Waals surface area contributed by atoms with E-state index in [-0.39, 0.29) is 0 Å². The first kappa shape index (κ1) is 10.00. The van der Waals surface area contributed by atoms with E-state index in [4.69, 9.17) is 23.2 Å². The number of halogens is 2. The maximum absolute atomic E-state index is 5.98. The molecule has 1 aliphatic heterocycles. The third kappa shape index (κ3) is 1.56. The Labute approximate surface area is 103 Å². The van der Waals surface area contributed by atoms with Crippen LogP contribution in [-0.4, -0.2) is 16.3 Å². The van der Waals surface area contributed by atoms with Crippen LogP contribution in [0.2, 0.25) is 10.0 Å². The Kier molecular flexibility index (Phi) is 2.30. The van der Waals surface area contributed by atoms with Crippen LogP contribution < -0.4 is 5.32 Å². The Hall–Kier alpha value is -1.19. The number of nitrogens with one attached hydrogen (secondary N) is 1. The summed E-state index contributed by atoms with van der Waals surface area (Å²) >= 11 is 11.8. The van der Waals surface area contributed by atoms with Gasteiger partial charge in [0, 0.05) is 18.2 Å². The van der Waals surface area contributed by atoms with Gasteiger partial charge in [-0.3, -0.25) is 0 Å². The van der Waals surface area contributed by atoms with Crippen LogP contribution in [-0.2, 0) is 6.54 Å². The molecular weight excluding hydrogens is 245 g/mol. The summed E-state index contributed by atoms with van der Waals surface area (Å²) in [6, 6.07) is 7.57. The molecule has 0 bridgehead atoms. The van der Waals surface area contributed by atoms with E-state index in [1.54, 1.807) is 6.07 Å². The van der Waals surface area contributed by atoms with Crippen LogP contribution in [0.25, 0.3) is 11.3 Å². The van der Waals surface area contributed by atoms with Crippen molar-refractivity contribution >= 4 is 29.0 Å². The van der Waals surface area contributed by atoms with Gasteiger partial charge in [-0.2, -0.15) is 5.10 Å². The minimum absolute atomic E-state index is 0.556. The number of anilines is 1. The molecule has 82 valence electrons. The number of fused-ring (bicyclic) bond motifs is 1. The van der Waals surface area contributed by atoms with Gasteiger partial charge < -0.3 is 5.32 Å². The van der Waals surface area contributed by atoms with Crippen molar-refractivity contribution in [3.05, 3.63) is 34.3 Å². The van der Waals surface area contributed by atoms with Gasteiger partial charge in [0.25, 0.3) is 0 Å². The van der Waals surface area contributed by atoms with E-state index in [0.29, 0.717) is 10.0 Å². The molecule has 2 aromatic rings. The molecule has 0 aliphatic carbocycles. The average molecular weight is 254 g/mol. The molecule has 0 amide bonds. The SMILES string of the molecule is Clc1ccc(-c2cc3n(n2)CCN3)cc1Cl. The molecule has 1 aromatic heterocycles. The van der Waals surface area contributed by atoms with Gasteiger partial charge in [0.2, 0.25) is 0 Å². The van der Waals surface area contributed by atoms with Gasteiger partial charge in [-0.1, -0.05) is 29.3 Å². The highest BCUT2D eigenvalue weighted by Gasteiger charge is 2.14. The zero-order valence-electron chi connectivity index (χ0n) is 8.37. The van der Waals surface area contributed by atoms with Crippen LogP contribution in [0.15, 0.2) is 24.3 Å². The molecule has 0 saturated carbocycles. The molecule has 0 saturated heterocycles. The average Bonchev–Trinajstić information content (AvgIpc) is 2.81. The fourth-order valence-corrected chi connectivity index (χ4v) is 2.11. The Morgan fingerprint density at radius 1 is 1.19 bits per heavy atom. The molecule has 0 atom stereocenters. The molecule has 0 radical (unpaired) electrons. The summed E-state index contributed by atoms with van der Waals surface area (Å²) in [5.41, 5.74) is 1.90. The summed E-state index contributed by atoms with van der Waals surface area (Å²) in [6.45, 7) is 1.86. The summed E-state index contributed by atoms with van der Waals surface area (Å²) in [5.74, 6) is 1.06. The Morgan fingerprint density at radius 2 is 2.06 bits per heavy atom. The smallest absolute Gasteiger partial charge is 0.125 e. The molecule has 0 fully saturated rings. The third-order valence-electron chi connectivity index (χ3n) is 2.63. The molecule has 1 aromatic carbocycles. The van der Waals surface area contributed by atoms with Gasteiger partial charge in [-0.05, 0) is 12.1 Å². The molecule has 1 N–H and O–H groups in total. The van der Waals surface area contributed by atoms with Crippen LogP contribution >= 0.6 is 23.2 Å². The summed E-state index contributed by atoms with van der Waals surface area (Å²) in [6.07, 6.45) is 0. The lowest BCUT2D eigenvalue weighted by molar-refractivity contribution is 0.699. The summed E-state index contributed by atoms with van der Waals surface area (Å²) < 4.78 is 1.96. The van der Waals surface area contributed by atoms with Gasteiger partial charge in [-0.25, -0.2) is 4.68 Å². The molecule has 3 nitrogen and oxygen atoms in total. The van der Waals surface area contributed by atoms with E-state index in [1.807, 2.05) is 22.9 Å². The molecule has 0 unspecified atom stereocenters. The second-order valence-corrected chi connectivity index (χ2v) is 4.51. The van der Waals surface area contributed by atoms with Crippen LogP contribution in [0.5, 0.6) is 0 Å². The number of aromatic nitrogens is 2. The third-order valence-corrected chi connectivity index (χ3v) is 3.36. The Morgan fingerprint density at radius 3 is 2.81 bits per heavy atom. The fraction of sp³-hybridized carbons (Fsp3) is 0.182. The Balaban J connectivity index is 2.05. The summed E-state index contributed by atoms with van der Waals surface area (Å²) in [4.78, 5) is 0. The second kappa shape index (κ2) is 3.68. The van der Waals surface area contributed by atoms with Gasteiger partial charge in [-0.15, -0.1) is 0 Å². The highest BCUT2D eigenvalue weighted by Crippen LogP contribution is 2.29. The van der Waals surface area contributed by atoms with E-state index in [2.05, 4.69) is 10.4 Å². The van der Waals surface area contributed by atoms with Crippen molar-refractivity contribution in [3.63, 3.8) is 0 Å². The van der Waals surface area contributed by atoms with E-state index in [0.717, 1.165) is 30.2 Å². The number of nitrogens with zero attached hydrogens (tertiary/aromatic N) is 2. The maximum atomic E-state index is 5.98. The van der Waals surface area contributed by atoms with Crippen LogP contribution in [0.3, 0.4) is 0 Å². The number of hydrogen-bond donors (Lipinski definition) is 1. The molecule has 2 heterocycles. The second-order valence-electron chi connectivity index (χ2n) is 3.69. The first-order valence-electron chi connectivity index (χ1n) is 5.01. The largest absolute Gasteiger partial charge is 0.368 e. The highest BCUT2D eigenvalue weighted by molar-refractivity contribution is 6.42. The Bertz CT molecular complexity index is 527. The minimum atomic E-state index is 0.556. The first-order chi connectivity index (χ1) is 7.74. The normalized spacial score (nSPS) is 13.6. The lowest BCUT2D eigenvalue weighted by Gasteiger charge is -1.99. The topological polar surface area (TPSA) is 29.9 Å². The van der Waals surface area contributed by atoms with Crippen molar-refractivity contribution < 1.29 is 0 Å². The summed E-state index contributed by atoms with van der Waals surface area (Å²) in [5, 5.41) is 8.86. The van der Waals surface area contributed by atoms with Crippen molar-refractivity contribution in [3.8, 4) is 11.3 Å². The summed E-state index contributed by atoms with van der Waals surface area (Å²) in [7, 11) is 0. The van der Waals surface area contributed by atoms with Gasteiger partial charge in [0.15, 0.2) is 0 Å². The monoisotopic (exact) mass is 253 g/mol. The molecular formula is C11H9Cl2N3. The van der Waals surface area contributed by atoms with Crippen LogP contribution in [0, 0.1) is 0 Å². The van der Waals surface area contributed by atoms with Crippen molar-refractivity contribution in [2.24, 2.45) is 0 Å². The molecule has 16 heavy (non-hydrogen) atoms. The van der Waals surface area contributed by atoms with Crippen molar-refractivity contribution in [1.29, 1.82) is 0 Å². The first-order valence-corrected chi connectivity index (χ1v) is 5.77. The number of hydrogen-bond acceptors (Lipinski definition) is 2. The predicted molar refractivity (Wildman–Crippen MR) is 66.2 cm³/mol. The van der Waals surface area contributed by atoms with Crippen molar-refractivity contribution in [2.45, 2.75) is 6.54 Å². The van der Waals surface area contributed by atoms with E-state index in [1.165, 1.54) is 0 Å². The highest BCUT2D eigenvalue weighted by atomic mass is 35.5. The van der Waals surface area contributed by atoms with E-state index < -0.39 is 0 Å². The minimum Gasteiger partial charge on any atom is -0.368 e. The quantitative estimate of drug-likeness (QED) is 0.846. The lowest BCUT2D eigenvalue weighted by atomic mass is 10.1. The lowest BCUT2D eigenvalue weighted by Crippen LogP contribution is -1.96. The van der Waals surface area contributed by atoms with Gasteiger partial charge >= 0.3 is 0 Å². The van der Waals surface area contributed by atoms with Crippen LogP contribution in [0.4, 0.5) is 5.82 Å². The zero-order chi connectivity index (χ0) is 11.1. The molecule has 0 spiro atoms. The number of benzene rings is 1. The molecule has 5 heteroatoms. The number of rotatable bonds is 1. The predicted octanol–water partition coefficient (Wildman–Crippen LogP) is 3.28. The fourth-order valence-electron chi connectivity index (χ4n) is 1.82. The zero-order valence-corrected chi connectivity index (χ0v) is 9.89. The van der Waals surface area contributed by atoms with Crippen molar-refractivity contribution in [2.75, 3.05) is 11.9 Å². The van der Waals surface area contributed by atoms with Crippen LogP contribution in [0.1, 0.15) is 0 Å². The standard InChI is InChI=1S/C11H9Cl2N3/c12-8-2-1-7(5-9(8)13)10-6-11-14-3-4-16(11)15-10/h1-2,5-6,14H,3-4H2. The molecule has 3 rings (SSSR count). The molecule has 1 aliphatic rings. The van der Waals surface area contributed by atoms with E-state index in [9.17, 15) is 0 Å². The maximum Gasteiger partial charge on any atom is 0.125 e. The van der Waals surface area contributed by atoms with Gasteiger partial charge in [0.05, 0.1) is 22.3 Å². The van der Waals surface area contributed by atoms with Gasteiger partial charge in [0.1, 0.15) is 5.82 Å². The van der Waals surface area contributed by atoms with E-state index >= 15 is 0 Å². The van der Waals surface area contributed by atoms with Crippen molar-refractivity contribution in [1.82, 2.24) is 9.78 Å².